The van der Waals surface area contributed by atoms with Crippen LogP contribution in [0.2, 0.25) is 0 Å². The van der Waals surface area contributed by atoms with E-state index in [4.69, 9.17) is 0 Å². The maximum Gasteiger partial charge on any atom is 0.183 e. The summed E-state index contributed by atoms with van der Waals surface area (Å²) >= 11 is 0. The molecule has 4 heterocycles. The minimum absolute atomic E-state index is 0.318. The maximum atomic E-state index is 12.2. The third kappa shape index (κ3) is 2.06. The van der Waals surface area contributed by atoms with E-state index in [-0.39, 0.29) is 0 Å². The lowest BCUT2D eigenvalue weighted by Crippen LogP contribution is -2.48. The molecule has 0 saturated carbocycles. The van der Waals surface area contributed by atoms with Crippen molar-refractivity contribution in [3.8, 4) is 0 Å². The van der Waals surface area contributed by atoms with E-state index >= 15 is 0 Å². The summed E-state index contributed by atoms with van der Waals surface area (Å²) in [6, 6.07) is 0. The molecule has 4 aliphatic rings. The second-order valence-corrected chi connectivity index (χ2v) is 5.48. The fourth-order valence-corrected chi connectivity index (χ4v) is 3.02. The van der Waals surface area contributed by atoms with E-state index < -0.39 is 0 Å². The monoisotopic (exact) mass is 235 g/mol. The molecule has 4 fully saturated rings. The van der Waals surface area contributed by atoms with Gasteiger partial charge in [0, 0.05) is 51.4 Å². The molecule has 0 aromatic carbocycles. The van der Waals surface area contributed by atoms with Crippen molar-refractivity contribution in [2.45, 2.75) is 12.8 Å². The number of carbonyl (C=O) groups excluding carboxylic acids is 1. The highest BCUT2D eigenvalue weighted by Gasteiger charge is 2.36. The minimum Gasteiger partial charge on any atom is -0.373 e. The third-order valence-electron chi connectivity index (χ3n) is 4.30. The lowest BCUT2D eigenvalue weighted by molar-refractivity contribution is -0.125. The molecule has 4 rings (SSSR count). The van der Waals surface area contributed by atoms with Gasteiger partial charge in [-0.2, -0.15) is 0 Å². The Labute approximate surface area is 103 Å². The predicted octanol–water partition coefficient (Wildman–Crippen LogP) is 0.370. The van der Waals surface area contributed by atoms with Crippen LogP contribution in [-0.4, -0.2) is 66.8 Å². The molecule has 2 bridgehead atoms. The predicted molar refractivity (Wildman–Crippen MR) is 66.5 cm³/mol. The Morgan fingerprint density at radius 3 is 2.29 bits per heavy atom. The first kappa shape index (κ1) is 11.1. The number of piperidine rings is 3. The second kappa shape index (κ2) is 4.33. The average molecular weight is 235 g/mol. The first-order chi connectivity index (χ1) is 8.24. The zero-order valence-corrected chi connectivity index (χ0v) is 10.6. The fourth-order valence-electron chi connectivity index (χ4n) is 3.02. The molecule has 0 aromatic heterocycles. The van der Waals surface area contributed by atoms with Gasteiger partial charge in [-0.05, 0) is 19.9 Å². The summed E-state index contributed by atoms with van der Waals surface area (Å²) in [4.78, 5) is 19.1. The van der Waals surface area contributed by atoms with Gasteiger partial charge in [-0.1, -0.05) is 0 Å². The SMILES string of the molecule is CN1CCN(/C=C2\C(=O)C3CCN2CC3)CC1. The van der Waals surface area contributed by atoms with Gasteiger partial charge < -0.3 is 14.7 Å². The molecule has 0 unspecified atom stereocenters. The zero-order valence-electron chi connectivity index (χ0n) is 10.6. The van der Waals surface area contributed by atoms with Crippen molar-refractivity contribution in [1.29, 1.82) is 0 Å². The number of likely N-dealkylation sites (N-methyl/N-ethyl adjacent to an activating group) is 1. The molecule has 0 spiro atoms. The van der Waals surface area contributed by atoms with E-state index in [0.29, 0.717) is 11.7 Å². The van der Waals surface area contributed by atoms with E-state index in [1.54, 1.807) is 0 Å². The van der Waals surface area contributed by atoms with E-state index in [1.165, 1.54) is 0 Å². The largest absolute Gasteiger partial charge is 0.373 e. The Kier molecular flexibility index (Phi) is 2.82. The van der Waals surface area contributed by atoms with E-state index in [9.17, 15) is 4.79 Å². The van der Waals surface area contributed by atoms with Crippen LogP contribution in [0.1, 0.15) is 12.8 Å². The van der Waals surface area contributed by atoms with Gasteiger partial charge in [0.15, 0.2) is 5.78 Å². The zero-order chi connectivity index (χ0) is 11.8. The number of fused-ring (bicyclic) bond motifs is 3. The van der Waals surface area contributed by atoms with Crippen LogP contribution >= 0.6 is 0 Å². The van der Waals surface area contributed by atoms with Gasteiger partial charge in [-0.15, -0.1) is 0 Å². The summed E-state index contributed by atoms with van der Waals surface area (Å²) < 4.78 is 0. The molecular formula is C13H21N3O. The maximum absolute atomic E-state index is 12.2. The number of hydrogen-bond acceptors (Lipinski definition) is 4. The van der Waals surface area contributed by atoms with Crippen molar-refractivity contribution in [3.05, 3.63) is 11.9 Å². The molecule has 0 aliphatic carbocycles. The van der Waals surface area contributed by atoms with Crippen LogP contribution in [0.15, 0.2) is 11.9 Å². The van der Waals surface area contributed by atoms with Crippen LogP contribution in [0.4, 0.5) is 0 Å². The standard InChI is InChI=1S/C13H21N3O/c1-14-6-8-15(9-7-14)10-12-13(17)11-2-4-16(12)5-3-11/h10-11H,2-9H2,1H3/b12-10+. The molecule has 17 heavy (non-hydrogen) atoms. The van der Waals surface area contributed by atoms with E-state index in [2.05, 4.69) is 27.9 Å². The summed E-state index contributed by atoms with van der Waals surface area (Å²) in [6.07, 6.45) is 4.26. The summed E-state index contributed by atoms with van der Waals surface area (Å²) in [7, 11) is 2.15. The van der Waals surface area contributed by atoms with Gasteiger partial charge in [-0.25, -0.2) is 0 Å². The number of ketones is 1. The number of rotatable bonds is 1. The lowest BCUT2D eigenvalue weighted by Gasteiger charge is -2.42. The molecule has 0 aromatic rings. The molecule has 0 amide bonds. The Hall–Kier alpha value is -1.03. The fraction of sp³-hybridized carbons (Fsp3) is 0.769. The number of hydrogen-bond donors (Lipinski definition) is 0. The Morgan fingerprint density at radius 2 is 1.71 bits per heavy atom. The summed E-state index contributed by atoms with van der Waals surface area (Å²) in [5.74, 6) is 0.708. The van der Waals surface area contributed by atoms with Crippen molar-refractivity contribution < 1.29 is 4.79 Å². The van der Waals surface area contributed by atoms with Crippen molar-refractivity contribution in [2.24, 2.45) is 5.92 Å². The van der Waals surface area contributed by atoms with Gasteiger partial charge >= 0.3 is 0 Å². The Morgan fingerprint density at radius 1 is 1.06 bits per heavy atom. The van der Waals surface area contributed by atoms with Crippen LogP contribution in [0.5, 0.6) is 0 Å². The molecule has 4 aliphatic heterocycles. The molecule has 94 valence electrons. The average Bonchev–Trinajstić information content (AvgIpc) is 2.37. The second-order valence-electron chi connectivity index (χ2n) is 5.48. The van der Waals surface area contributed by atoms with Gasteiger partial charge in [0.2, 0.25) is 0 Å². The quantitative estimate of drug-likeness (QED) is 0.614. The van der Waals surface area contributed by atoms with E-state index in [0.717, 1.165) is 57.8 Å². The Bertz CT molecular complexity index is 337. The Balaban J connectivity index is 1.72. The number of piperazine rings is 1. The minimum atomic E-state index is 0.318. The normalized spacial score (nSPS) is 29.5. The molecule has 4 saturated heterocycles. The van der Waals surface area contributed by atoms with Gasteiger partial charge in [0.1, 0.15) is 0 Å². The van der Waals surface area contributed by atoms with Crippen molar-refractivity contribution in [2.75, 3.05) is 46.3 Å². The number of allylic oxidation sites excluding steroid dienone is 1. The van der Waals surface area contributed by atoms with Gasteiger partial charge in [0.05, 0.1) is 5.70 Å². The first-order valence-electron chi connectivity index (χ1n) is 6.67. The third-order valence-corrected chi connectivity index (χ3v) is 4.30. The smallest absolute Gasteiger partial charge is 0.183 e. The highest BCUT2D eigenvalue weighted by molar-refractivity contribution is 5.98. The topological polar surface area (TPSA) is 26.8 Å². The van der Waals surface area contributed by atoms with Crippen LogP contribution in [0.3, 0.4) is 0 Å². The molecule has 0 radical (unpaired) electrons. The highest BCUT2D eigenvalue weighted by atomic mass is 16.1. The van der Waals surface area contributed by atoms with Crippen molar-refractivity contribution in [1.82, 2.24) is 14.7 Å². The van der Waals surface area contributed by atoms with Gasteiger partial charge in [0.25, 0.3) is 0 Å². The summed E-state index contributed by atoms with van der Waals surface area (Å²) in [5.41, 5.74) is 0.983. The molecule has 4 heteroatoms. The van der Waals surface area contributed by atoms with Crippen LogP contribution in [0, 0.1) is 5.92 Å². The van der Waals surface area contributed by atoms with Crippen molar-refractivity contribution >= 4 is 5.78 Å². The number of carbonyl (C=O) groups is 1. The highest BCUT2D eigenvalue weighted by Crippen LogP contribution is 2.31. The number of Topliss-reactive ketones (excluding diaryl/α,β-unsaturated/α-hetero) is 1. The first-order valence-corrected chi connectivity index (χ1v) is 6.67. The molecule has 4 nitrogen and oxygen atoms in total. The van der Waals surface area contributed by atoms with Crippen LogP contribution in [-0.2, 0) is 4.79 Å². The van der Waals surface area contributed by atoms with Crippen molar-refractivity contribution in [3.63, 3.8) is 0 Å². The van der Waals surface area contributed by atoms with Crippen LogP contribution in [0.25, 0.3) is 0 Å². The van der Waals surface area contributed by atoms with E-state index in [1.807, 2.05) is 0 Å². The lowest BCUT2D eigenvalue weighted by atomic mass is 9.85. The summed E-state index contributed by atoms with van der Waals surface area (Å²) in [5, 5.41) is 0. The van der Waals surface area contributed by atoms with Crippen LogP contribution < -0.4 is 0 Å². The van der Waals surface area contributed by atoms with Gasteiger partial charge in [-0.3, -0.25) is 4.79 Å². The molecule has 0 N–H and O–H groups in total. The molecule has 0 atom stereocenters. The summed E-state index contributed by atoms with van der Waals surface area (Å²) in [6.45, 7) is 6.45. The number of nitrogens with zero attached hydrogens (tertiary/aromatic N) is 3. The molecular weight excluding hydrogens is 214 g/mol.